The molecule has 1 heterocycles. The maximum Gasteiger partial charge on any atom is 0.257 e. The highest BCUT2D eigenvalue weighted by atomic mass is 32.2. The van der Waals surface area contributed by atoms with Gasteiger partial charge in [0.15, 0.2) is 5.13 Å². The lowest BCUT2D eigenvalue weighted by atomic mass is 10.2. The first-order valence-electron chi connectivity index (χ1n) is 7.60. The van der Waals surface area contributed by atoms with Crippen molar-refractivity contribution in [1.82, 2.24) is 9.29 Å². The number of anilines is 1. The number of benzene rings is 2. The summed E-state index contributed by atoms with van der Waals surface area (Å²) in [7, 11) is 0.978. The van der Waals surface area contributed by atoms with Gasteiger partial charge >= 0.3 is 0 Å². The Balaban J connectivity index is 1.80. The summed E-state index contributed by atoms with van der Waals surface area (Å²) >= 11 is 1.34. The SMILES string of the molecule is COc1ccc2nc(NC(=O)c3ccc(S(=O)(=O)N(C)C)cc3)sc2c1. The second-order valence-corrected chi connectivity index (χ2v) is 8.80. The maximum absolute atomic E-state index is 12.4. The molecule has 0 fully saturated rings. The van der Waals surface area contributed by atoms with Gasteiger partial charge in [-0.2, -0.15) is 0 Å². The number of rotatable bonds is 5. The predicted octanol–water partition coefficient (Wildman–Crippen LogP) is 2.81. The van der Waals surface area contributed by atoms with Crippen LogP contribution in [-0.2, 0) is 10.0 Å². The molecule has 0 saturated carbocycles. The first kappa shape index (κ1) is 18.3. The van der Waals surface area contributed by atoms with Crippen LogP contribution >= 0.6 is 11.3 Å². The molecule has 7 nitrogen and oxygen atoms in total. The average molecular weight is 391 g/mol. The Kier molecular flexibility index (Phi) is 4.94. The van der Waals surface area contributed by atoms with E-state index in [2.05, 4.69) is 10.3 Å². The molecule has 136 valence electrons. The fraction of sp³-hybridized carbons (Fsp3) is 0.176. The van der Waals surface area contributed by atoms with Crippen LogP contribution < -0.4 is 10.1 Å². The summed E-state index contributed by atoms with van der Waals surface area (Å²) in [6, 6.07) is 11.2. The normalized spacial score (nSPS) is 11.7. The Hall–Kier alpha value is -2.49. The molecule has 9 heteroatoms. The number of aromatic nitrogens is 1. The van der Waals surface area contributed by atoms with Gasteiger partial charge in [0.25, 0.3) is 5.91 Å². The van der Waals surface area contributed by atoms with E-state index in [1.54, 1.807) is 13.2 Å². The zero-order valence-corrected chi connectivity index (χ0v) is 16.0. The average Bonchev–Trinajstić information content (AvgIpc) is 3.02. The van der Waals surface area contributed by atoms with Crippen LogP contribution in [0.25, 0.3) is 10.2 Å². The van der Waals surface area contributed by atoms with Gasteiger partial charge in [-0.3, -0.25) is 10.1 Å². The Bertz CT molecular complexity index is 1060. The molecule has 1 N–H and O–H groups in total. The Morgan fingerprint density at radius 1 is 1.15 bits per heavy atom. The Morgan fingerprint density at radius 2 is 1.85 bits per heavy atom. The van der Waals surface area contributed by atoms with Crippen molar-refractivity contribution in [2.75, 3.05) is 26.5 Å². The van der Waals surface area contributed by atoms with Crippen LogP contribution in [0.3, 0.4) is 0 Å². The third-order valence-electron chi connectivity index (χ3n) is 3.71. The second kappa shape index (κ2) is 7.02. The number of nitrogens with one attached hydrogen (secondary N) is 1. The second-order valence-electron chi connectivity index (χ2n) is 5.62. The van der Waals surface area contributed by atoms with Gasteiger partial charge in [0, 0.05) is 19.7 Å². The van der Waals surface area contributed by atoms with Gasteiger partial charge < -0.3 is 4.74 Å². The minimum Gasteiger partial charge on any atom is -0.497 e. The van der Waals surface area contributed by atoms with Crippen LogP contribution in [0.1, 0.15) is 10.4 Å². The summed E-state index contributed by atoms with van der Waals surface area (Å²) in [6.07, 6.45) is 0. The van der Waals surface area contributed by atoms with Crippen molar-refractivity contribution in [2.24, 2.45) is 0 Å². The summed E-state index contributed by atoms with van der Waals surface area (Å²) in [5, 5.41) is 3.20. The molecule has 0 atom stereocenters. The van der Waals surface area contributed by atoms with Crippen LogP contribution in [0.15, 0.2) is 47.4 Å². The van der Waals surface area contributed by atoms with Crippen molar-refractivity contribution in [3.8, 4) is 5.75 Å². The highest BCUT2D eigenvalue weighted by molar-refractivity contribution is 7.89. The molecule has 0 unspecified atom stereocenters. The fourth-order valence-electron chi connectivity index (χ4n) is 2.24. The summed E-state index contributed by atoms with van der Waals surface area (Å²) in [5.74, 6) is 0.363. The van der Waals surface area contributed by atoms with Gasteiger partial charge in [0.05, 0.1) is 22.2 Å². The summed E-state index contributed by atoms with van der Waals surface area (Å²) in [6.45, 7) is 0. The van der Waals surface area contributed by atoms with Crippen LogP contribution in [0, 0.1) is 0 Å². The van der Waals surface area contributed by atoms with E-state index < -0.39 is 10.0 Å². The van der Waals surface area contributed by atoms with Crippen molar-refractivity contribution in [1.29, 1.82) is 0 Å². The number of ether oxygens (including phenoxy) is 1. The lowest BCUT2D eigenvalue weighted by molar-refractivity contribution is 0.102. The van der Waals surface area contributed by atoms with Crippen LogP contribution in [0.4, 0.5) is 5.13 Å². The van der Waals surface area contributed by atoms with Crippen LogP contribution in [0.5, 0.6) is 5.75 Å². The number of hydrogen-bond donors (Lipinski definition) is 1. The van der Waals surface area contributed by atoms with Gasteiger partial charge in [0.2, 0.25) is 10.0 Å². The number of carbonyl (C=O) groups excluding carboxylic acids is 1. The molecule has 2 aromatic carbocycles. The zero-order chi connectivity index (χ0) is 18.9. The molecular weight excluding hydrogens is 374 g/mol. The number of fused-ring (bicyclic) bond motifs is 1. The largest absolute Gasteiger partial charge is 0.497 e. The molecule has 1 aromatic heterocycles. The third kappa shape index (κ3) is 3.55. The minimum atomic E-state index is -3.52. The predicted molar refractivity (Wildman–Crippen MR) is 101 cm³/mol. The lowest BCUT2D eigenvalue weighted by Crippen LogP contribution is -2.22. The fourth-order valence-corrected chi connectivity index (χ4v) is 4.03. The van der Waals surface area contributed by atoms with E-state index in [-0.39, 0.29) is 10.8 Å². The quantitative estimate of drug-likeness (QED) is 0.722. The van der Waals surface area contributed by atoms with Crippen molar-refractivity contribution < 1.29 is 17.9 Å². The van der Waals surface area contributed by atoms with E-state index in [1.807, 2.05) is 12.1 Å². The number of amides is 1. The number of methoxy groups -OCH3 is 1. The van der Waals surface area contributed by atoms with Crippen molar-refractivity contribution >= 4 is 42.6 Å². The third-order valence-corrected chi connectivity index (χ3v) is 6.47. The topological polar surface area (TPSA) is 88.6 Å². The van der Waals surface area contributed by atoms with Crippen molar-refractivity contribution in [3.63, 3.8) is 0 Å². The first-order chi connectivity index (χ1) is 12.3. The summed E-state index contributed by atoms with van der Waals surface area (Å²) in [4.78, 5) is 16.9. The van der Waals surface area contributed by atoms with E-state index in [4.69, 9.17) is 4.74 Å². The Morgan fingerprint density at radius 3 is 2.46 bits per heavy atom. The first-order valence-corrected chi connectivity index (χ1v) is 9.85. The van der Waals surface area contributed by atoms with E-state index in [9.17, 15) is 13.2 Å². The highest BCUT2D eigenvalue weighted by Crippen LogP contribution is 2.29. The number of carbonyl (C=O) groups is 1. The smallest absolute Gasteiger partial charge is 0.257 e. The molecule has 0 bridgehead atoms. The monoisotopic (exact) mass is 391 g/mol. The summed E-state index contributed by atoms with van der Waals surface area (Å²) < 4.78 is 31.3. The van der Waals surface area contributed by atoms with E-state index in [0.717, 1.165) is 20.3 Å². The van der Waals surface area contributed by atoms with Crippen LogP contribution in [0.2, 0.25) is 0 Å². The minimum absolute atomic E-state index is 0.131. The molecule has 0 saturated heterocycles. The van der Waals surface area contributed by atoms with Gasteiger partial charge in [-0.05, 0) is 42.5 Å². The summed E-state index contributed by atoms with van der Waals surface area (Å²) in [5.41, 5.74) is 1.11. The molecule has 0 aliphatic rings. The molecule has 0 radical (unpaired) electrons. The molecule has 0 aliphatic carbocycles. The van der Waals surface area contributed by atoms with E-state index in [1.165, 1.54) is 49.7 Å². The molecule has 26 heavy (non-hydrogen) atoms. The number of nitrogens with zero attached hydrogens (tertiary/aromatic N) is 2. The van der Waals surface area contributed by atoms with E-state index in [0.29, 0.717) is 10.7 Å². The molecule has 3 aromatic rings. The number of sulfonamides is 1. The van der Waals surface area contributed by atoms with Gasteiger partial charge in [-0.25, -0.2) is 17.7 Å². The van der Waals surface area contributed by atoms with Crippen LogP contribution in [-0.4, -0.2) is 44.8 Å². The zero-order valence-electron chi connectivity index (χ0n) is 14.4. The number of hydrogen-bond acceptors (Lipinski definition) is 6. The van der Waals surface area contributed by atoms with Gasteiger partial charge in [-0.15, -0.1) is 0 Å². The molecule has 0 aliphatic heterocycles. The molecule has 0 spiro atoms. The standard InChI is InChI=1S/C17H17N3O4S2/c1-20(2)26(22,23)13-7-4-11(5-8-13)16(21)19-17-18-14-9-6-12(24-3)10-15(14)25-17/h4-10H,1-3H3,(H,18,19,21). The number of thiazole rings is 1. The molecule has 3 rings (SSSR count). The van der Waals surface area contributed by atoms with Crippen molar-refractivity contribution in [2.45, 2.75) is 4.90 Å². The highest BCUT2D eigenvalue weighted by Gasteiger charge is 2.18. The van der Waals surface area contributed by atoms with E-state index >= 15 is 0 Å². The maximum atomic E-state index is 12.4. The van der Waals surface area contributed by atoms with Crippen molar-refractivity contribution in [3.05, 3.63) is 48.0 Å². The Labute approximate surface area is 155 Å². The lowest BCUT2D eigenvalue weighted by Gasteiger charge is -2.11. The van der Waals surface area contributed by atoms with Gasteiger partial charge in [0.1, 0.15) is 5.75 Å². The molecular formula is C17H17N3O4S2. The van der Waals surface area contributed by atoms with Gasteiger partial charge in [-0.1, -0.05) is 11.3 Å². The molecule has 1 amide bonds.